The lowest BCUT2D eigenvalue weighted by Crippen LogP contribution is -2.29. The number of methoxy groups -OCH3 is 2. The Morgan fingerprint density at radius 2 is 1.89 bits per heavy atom. The van der Waals surface area contributed by atoms with Gasteiger partial charge >= 0.3 is 0 Å². The largest absolute Gasteiger partial charge is 0.355 e. The normalized spacial score (nSPS) is 11.3. The minimum atomic E-state index is -0.238. The van der Waals surface area contributed by atoms with Crippen molar-refractivity contribution in [1.29, 1.82) is 0 Å². The SMILES string of the molecule is COC(CNCc1cnc2ccccc2n1)OC. The number of para-hydroxylation sites is 2. The quantitative estimate of drug-likeness (QED) is 0.781. The fraction of sp³-hybridized carbons (Fsp3) is 0.385. The molecule has 18 heavy (non-hydrogen) atoms. The van der Waals surface area contributed by atoms with Gasteiger partial charge in [-0.05, 0) is 12.1 Å². The van der Waals surface area contributed by atoms with Crippen LogP contribution in [-0.2, 0) is 16.0 Å². The Labute approximate surface area is 106 Å². The molecule has 0 saturated carbocycles. The van der Waals surface area contributed by atoms with Gasteiger partial charge in [0.1, 0.15) is 0 Å². The number of hydrogen-bond acceptors (Lipinski definition) is 5. The Balaban J connectivity index is 1.95. The van der Waals surface area contributed by atoms with E-state index in [0.717, 1.165) is 16.7 Å². The lowest BCUT2D eigenvalue weighted by molar-refractivity contribution is -0.0989. The zero-order valence-electron chi connectivity index (χ0n) is 10.6. The summed E-state index contributed by atoms with van der Waals surface area (Å²) < 4.78 is 10.2. The first-order chi connectivity index (χ1) is 8.83. The molecule has 5 heteroatoms. The van der Waals surface area contributed by atoms with Gasteiger partial charge in [-0.25, -0.2) is 4.98 Å². The van der Waals surface area contributed by atoms with E-state index in [-0.39, 0.29) is 6.29 Å². The van der Waals surface area contributed by atoms with E-state index < -0.39 is 0 Å². The standard InChI is InChI=1S/C13H17N3O2/c1-17-13(18-2)9-14-7-10-8-15-11-5-3-4-6-12(11)16-10/h3-6,8,13-14H,7,9H2,1-2H3. The van der Waals surface area contributed by atoms with Gasteiger partial charge in [0.15, 0.2) is 6.29 Å². The third-order valence-corrected chi connectivity index (χ3v) is 2.64. The molecule has 0 aliphatic heterocycles. The van der Waals surface area contributed by atoms with Crippen molar-refractivity contribution in [3.8, 4) is 0 Å². The van der Waals surface area contributed by atoms with Gasteiger partial charge in [-0.1, -0.05) is 12.1 Å². The zero-order valence-corrected chi connectivity index (χ0v) is 10.6. The van der Waals surface area contributed by atoms with Crippen LogP contribution in [0.15, 0.2) is 30.5 Å². The molecule has 96 valence electrons. The summed E-state index contributed by atoms with van der Waals surface area (Å²) in [5.74, 6) is 0. The average molecular weight is 247 g/mol. The molecule has 1 aromatic carbocycles. The predicted octanol–water partition coefficient (Wildman–Crippen LogP) is 1.34. The van der Waals surface area contributed by atoms with Gasteiger partial charge in [0, 0.05) is 27.3 Å². The van der Waals surface area contributed by atoms with Crippen molar-refractivity contribution in [1.82, 2.24) is 15.3 Å². The molecule has 0 spiro atoms. The van der Waals surface area contributed by atoms with Crippen molar-refractivity contribution >= 4 is 11.0 Å². The molecule has 2 aromatic rings. The van der Waals surface area contributed by atoms with Crippen LogP contribution in [-0.4, -0.2) is 37.0 Å². The molecule has 0 radical (unpaired) electrons. The number of aromatic nitrogens is 2. The number of fused-ring (bicyclic) bond motifs is 1. The van der Waals surface area contributed by atoms with Crippen LogP contribution < -0.4 is 5.32 Å². The predicted molar refractivity (Wildman–Crippen MR) is 69.1 cm³/mol. The smallest absolute Gasteiger partial charge is 0.169 e. The van der Waals surface area contributed by atoms with Gasteiger partial charge in [-0.15, -0.1) is 0 Å². The van der Waals surface area contributed by atoms with Crippen molar-refractivity contribution in [3.05, 3.63) is 36.2 Å². The van der Waals surface area contributed by atoms with Crippen molar-refractivity contribution in [2.45, 2.75) is 12.8 Å². The second-order valence-electron chi connectivity index (χ2n) is 3.88. The summed E-state index contributed by atoms with van der Waals surface area (Å²) in [6.07, 6.45) is 1.54. The van der Waals surface area contributed by atoms with Crippen LogP contribution in [0.5, 0.6) is 0 Å². The minimum absolute atomic E-state index is 0.238. The Hall–Kier alpha value is -1.56. The fourth-order valence-corrected chi connectivity index (χ4v) is 1.66. The van der Waals surface area contributed by atoms with E-state index in [9.17, 15) is 0 Å². The van der Waals surface area contributed by atoms with E-state index in [0.29, 0.717) is 13.1 Å². The summed E-state index contributed by atoms with van der Waals surface area (Å²) in [5.41, 5.74) is 2.72. The van der Waals surface area contributed by atoms with Gasteiger partial charge in [0.2, 0.25) is 0 Å². The van der Waals surface area contributed by atoms with Crippen molar-refractivity contribution in [2.75, 3.05) is 20.8 Å². The molecule has 5 nitrogen and oxygen atoms in total. The van der Waals surface area contributed by atoms with E-state index in [1.165, 1.54) is 0 Å². The lowest BCUT2D eigenvalue weighted by atomic mass is 10.3. The van der Waals surface area contributed by atoms with Crippen LogP contribution in [0.1, 0.15) is 5.69 Å². The van der Waals surface area contributed by atoms with E-state index in [2.05, 4.69) is 15.3 Å². The highest BCUT2D eigenvalue weighted by molar-refractivity contribution is 5.73. The Bertz CT molecular complexity index is 500. The fourth-order valence-electron chi connectivity index (χ4n) is 1.66. The van der Waals surface area contributed by atoms with E-state index >= 15 is 0 Å². The molecular weight excluding hydrogens is 230 g/mol. The summed E-state index contributed by atoms with van der Waals surface area (Å²) in [4.78, 5) is 8.87. The summed E-state index contributed by atoms with van der Waals surface area (Å²) in [6.45, 7) is 1.25. The molecule has 2 rings (SSSR count). The number of nitrogens with zero attached hydrogens (tertiary/aromatic N) is 2. The first kappa shape index (κ1) is 12.9. The second kappa shape index (κ2) is 6.39. The van der Waals surface area contributed by atoms with Crippen molar-refractivity contribution in [2.24, 2.45) is 0 Å². The Morgan fingerprint density at radius 3 is 2.61 bits per heavy atom. The average Bonchev–Trinajstić information content (AvgIpc) is 2.43. The van der Waals surface area contributed by atoms with Crippen LogP contribution in [0.25, 0.3) is 11.0 Å². The summed E-state index contributed by atoms with van der Waals surface area (Å²) in [7, 11) is 3.23. The molecule has 0 aliphatic rings. The number of benzene rings is 1. The number of nitrogens with one attached hydrogen (secondary N) is 1. The maximum Gasteiger partial charge on any atom is 0.169 e. The zero-order chi connectivity index (χ0) is 12.8. The Kier molecular flexibility index (Phi) is 4.58. The molecule has 1 N–H and O–H groups in total. The van der Waals surface area contributed by atoms with Crippen molar-refractivity contribution in [3.63, 3.8) is 0 Å². The lowest BCUT2D eigenvalue weighted by Gasteiger charge is -2.13. The number of rotatable bonds is 6. The van der Waals surface area contributed by atoms with Gasteiger partial charge in [-0.3, -0.25) is 4.98 Å². The van der Waals surface area contributed by atoms with Crippen LogP contribution >= 0.6 is 0 Å². The third-order valence-electron chi connectivity index (χ3n) is 2.64. The summed E-state index contributed by atoms with van der Waals surface area (Å²) in [5, 5.41) is 3.22. The Morgan fingerprint density at radius 1 is 1.17 bits per heavy atom. The van der Waals surface area contributed by atoms with Crippen molar-refractivity contribution < 1.29 is 9.47 Å². The van der Waals surface area contributed by atoms with Crippen LogP contribution in [0.4, 0.5) is 0 Å². The minimum Gasteiger partial charge on any atom is -0.355 e. The van der Waals surface area contributed by atoms with Crippen LogP contribution in [0, 0.1) is 0 Å². The van der Waals surface area contributed by atoms with Gasteiger partial charge in [0.25, 0.3) is 0 Å². The highest BCUT2D eigenvalue weighted by atomic mass is 16.7. The molecule has 0 unspecified atom stereocenters. The summed E-state index contributed by atoms with van der Waals surface area (Å²) >= 11 is 0. The second-order valence-corrected chi connectivity index (χ2v) is 3.88. The van der Waals surface area contributed by atoms with Gasteiger partial charge in [-0.2, -0.15) is 0 Å². The van der Waals surface area contributed by atoms with Crippen LogP contribution in [0.2, 0.25) is 0 Å². The van der Waals surface area contributed by atoms with E-state index in [4.69, 9.17) is 9.47 Å². The van der Waals surface area contributed by atoms with E-state index in [1.807, 2.05) is 24.3 Å². The first-order valence-electron chi connectivity index (χ1n) is 5.80. The van der Waals surface area contributed by atoms with Gasteiger partial charge < -0.3 is 14.8 Å². The molecule has 0 bridgehead atoms. The first-order valence-corrected chi connectivity index (χ1v) is 5.80. The van der Waals surface area contributed by atoms with Gasteiger partial charge in [0.05, 0.1) is 22.9 Å². The maximum atomic E-state index is 5.09. The number of hydrogen-bond donors (Lipinski definition) is 1. The molecule has 0 fully saturated rings. The number of ether oxygens (including phenoxy) is 2. The molecule has 0 saturated heterocycles. The molecular formula is C13H17N3O2. The van der Waals surface area contributed by atoms with E-state index in [1.54, 1.807) is 20.4 Å². The van der Waals surface area contributed by atoms with Crippen LogP contribution in [0.3, 0.4) is 0 Å². The third kappa shape index (κ3) is 3.22. The maximum absolute atomic E-state index is 5.09. The summed E-state index contributed by atoms with van der Waals surface area (Å²) in [6, 6.07) is 7.82. The topological polar surface area (TPSA) is 56.3 Å². The molecule has 0 aliphatic carbocycles. The molecule has 1 aromatic heterocycles. The highest BCUT2D eigenvalue weighted by Crippen LogP contribution is 2.08. The molecule has 0 amide bonds. The monoisotopic (exact) mass is 247 g/mol. The molecule has 0 atom stereocenters. The highest BCUT2D eigenvalue weighted by Gasteiger charge is 2.04. The molecule has 1 heterocycles.